The fourth-order valence-electron chi connectivity index (χ4n) is 4.28. The maximum absolute atomic E-state index is 15.8. The number of hydrogen-bond acceptors (Lipinski definition) is 9. The highest BCUT2D eigenvalue weighted by Crippen LogP contribution is 2.49. The predicted molar refractivity (Wildman–Crippen MR) is 143 cm³/mol. The molecule has 0 aliphatic carbocycles. The number of carbonyl (C=O) groups is 1. The van der Waals surface area contributed by atoms with Gasteiger partial charge >= 0.3 is 19.4 Å². The molecular weight excluding hydrogens is 548 g/mol. The predicted octanol–water partition coefficient (Wildman–Crippen LogP) is 2.67. The number of nitrogens with zero attached hydrogens (tertiary/aromatic N) is 1. The molecule has 0 spiro atoms. The van der Waals surface area contributed by atoms with Crippen LogP contribution in [0.15, 0.2) is 64.3 Å². The van der Waals surface area contributed by atoms with Gasteiger partial charge in [-0.25, -0.2) is 13.8 Å². The molecule has 14 heteroatoms. The Morgan fingerprint density at radius 1 is 1.30 bits per heavy atom. The molecule has 1 aliphatic rings. The van der Waals surface area contributed by atoms with Crippen LogP contribution in [-0.2, 0) is 23.4 Å². The van der Waals surface area contributed by atoms with Gasteiger partial charge in [0.1, 0.15) is 24.0 Å². The first-order valence-corrected chi connectivity index (χ1v) is 13.9. The number of halogens is 1. The highest BCUT2D eigenvalue weighted by Gasteiger charge is 2.56. The number of rotatable bonds is 10. The maximum atomic E-state index is 15.8. The van der Waals surface area contributed by atoms with E-state index in [1.54, 1.807) is 55.2 Å². The lowest BCUT2D eigenvalue weighted by Gasteiger charge is -2.27. The van der Waals surface area contributed by atoms with Crippen molar-refractivity contribution in [2.45, 2.75) is 50.9 Å². The second-order valence-electron chi connectivity index (χ2n) is 9.72. The first kappa shape index (κ1) is 26.9. The second kappa shape index (κ2) is 11.6. The van der Waals surface area contributed by atoms with E-state index in [0.717, 1.165) is 19.4 Å². The standard InChI is InChI=1S/C26H31FN3O9P/c1-15(2)21(23(33)36-4)29-40(35,39-18-11-7-9-16-8-5-6-10-17(16)18)37-14-19-22(32)26(3,27)24(38-19)30-13-12-20(31)28-25(30)34/h5-13,15,19,21-22,24,32H,14H2,1-4H3,(H,29,35)(H,28,31,34)/t19-,21?,22-,24-,26-,40?/m1/s1/i12D,13D. The number of methoxy groups -OCH3 is 1. The van der Waals surface area contributed by atoms with Crippen molar-refractivity contribution in [1.82, 2.24) is 14.6 Å². The van der Waals surface area contributed by atoms with E-state index in [4.69, 9.17) is 21.3 Å². The van der Waals surface area contributed by atoms with Crippen molar-refractivity contribution in [2.75, 3.05) is 13.7 Å². The van der Waals surface area contributed by atoms with Crippen LogP contribution in [0.5, 0.6) is 5.75 Å². The molecule has 2 unspecified atom stereocenters. The molecule has 216 valence electrons. The largest absolute Gasteiger partial charge is 0.468 e. The van der Waals surface area contributed by atoms with Crippen molar-refractivity contribution < 1.29 is 40.1 Å². The van der Waals surface area contributed by atoms with Crippen LogP contribution in [0.25, 0.3) is 10.8 Å². The van der Waals surface area contributed by atoms with Gasteiger partial charge in [-0.05, 0) is 24.3 Å². The molecule has 1 saturated heterocycles. The number of aromatic nitrogens is 2. The molecule has 0 bridgehead atoms. The Morgan fingerprint density at radius 3 is 2.70 bits per heavy atom. The summed E-state index contributed by atoms with van der Waals surface area (Å²) in [4.78, 5) is 38.4. The smallest absolute Gasteiger partial charge is 0.459 e. The van der Waals surface area contributed by atoms with Crippen molar-refractivity contribution in [2.24, 2.45) is 5.92 Å². The maximum Gasteiger partial charge on any atom is 0.459 e. The zero-order valence-corrected chi connectivity index (χ0v) is 23.0. The zero-order chi connectivity index (χ0) is 31.0. The Balaban J connectivity index is 1.67. The summed E-state index contributed by atoms with van der Waals surface area (Å²) in [6.07, 6.45) is -6.44. The van der Waals surface area contributed by atoms with E-state index in [9.17, 15) is 24.1 Å². The fraction of sp³-hybridized carbons (Fsp3) is 0.423. The van der Waals surface area contributed by atoms with Gasteiger partial charge in [-0.15, -0.1) is 0 Å². The lowest BCUT2D eigenvalue weighted by Crippen LogP contribution is -2.44. The third-order valence-corrected chi connectivity index (χ3v) is 8.00. The second-order valence-corrected chi connectivity index (χ2v) is 11.4. The number of alkyl halides is 1. The van der Waals surface area contributed by atoms with Gasteiger partial charge in [0.05, 0.1) is 16.5 Å². The highest BCUT2D eigenvalue weighted by atomic mass is 31.2. The van der Waals surface area contributed by atoms with Crippen LogP contribution >= 0.6 is 7.75 Å². The van der Waals surface area contributed by atoms with E-state index in [1.807, 2.05) is 0 Å². The average Bonchev–Trinajstić information content (AvgIpc) is 3.17. The Hall–Kier alpha value is -3.35. The molecule has 2 aromatic carbocycles. The first-order chi connectivity index (χ1) is 19.7. The minimum Gasteiger partial charge on any atom is -0.468 e. The summed E-state index contributed by atoms with van der Waals surface area (Å²) in [6, 6.07) is 9.99. The molecule has 1 fully saturated rings. The van der Waals surface area contributed by atoms with Crippen molar-refractivity contribution in [3.05, 3.63) is 75.5 Å². The molecule has 1 aromatic heterocycles. The summed E-state index contributed by atoms with van der Waals surface area (Å²) < 4.78 is 67.9. The summed E-state index contributed by atoms with van der Waals surface area (Å²) in [6.45, 7) is 3.47. The van der Waals surface area contributed by atoms with Crippen molar-refractivity contribution in [1.29, 1.82) is 0 Å². The normalized spacial score (nSPS) is 25.7. The minimum absolute atomic E-state index is 0.138. The monoisotopic (exact) mass is 581 g/mol. The Bertz CT molecular complexity index is 1640. The van der Waals surface area contributed by atoms with Crippen molar-refractivity contribution in [3.63, 3.8) is 0 Å². The summed E-state index contributed by atoms with van der Waals surface area (Å²) in [7, 11) is -3.36. The fourth-order valence-corrected chi connectivity index (χ4v) is 5.96. The average molecular weight is 582 g/mol. The van der Waals surface area contributed by atoms with E-state index in [-0.39, 0.29) is 5.75 Å². The van der Waals surface area contributed by atoms with Crippen molar-refractivity contribution in [3.8, 4) is 5.75 Å². The number of aliphatic hydroxyl groups is 1. The van der Waals surface area contributed by atoms with Gasteiger partial charge < -0.3 is 19.1 Å². The molecule has 0 saturated carbocycles. The summed E-state index contributed by atoms with van der Waals surface area (Å²) in [5, 5.41) is 14.7. The van der Waals surface area contributed by atoms with Gasteiger partial charge in [-0.1, -0.05) is 50.2 Å². The summed E-state index contributed by atoms with van der Waals surface area (Å²) in [5.74, 6) is -1.06. The third-order valence-electron chi connectivity index (χ3n) is 6.48. The van der Waals surface area contributed by atoms with Gasteiger partial charge in [-0.3, -0.25) is 23.7 Å². The molecule has 2 heterocycles. The van der Waals surface area contributed by atoms with Crippen LogP contribution in [-0.4, -0.2) is 58.3 Å². The van der Waals surface area contributed by atoms with Gasteiger partial charge in [0.25, 0.3) is 5.56 Å². The van der Waals surface area contributed by atoms with Crippen molar-refractivity contribution >= 4 is 24.5 Å². The van der Waals surface area contributed by atoms with E-state index in [0.29, 0.717) is 9.95 Å². The molecule has 4 rings (SSSR count). The summed E-state index contributed by atoms with van der Waals surface area (Å²) in [5.41, 5.74) is -5.10. The van der Waals surface area contributed by atoms with E-state index in [2.05, 4.69) is 5.09 Å². The molecule has 12 nitrogen and oxygen atoms in total. The molecule has 3 N–H and O–H groups in total. The van der Waals surface area contributed by atoms with E-state index >= 15 is 4.39 Å². The van der Waals surface area contributed by atoms with Crippen LogP contribution in [0.2, 0.25) is 0 Å². The Labute approximate surface area is 231 Å². The number of esters is 1. The zero-order valence-electron chi connectivity index (χ0n) is 24.1. The number of carbonyl (C=O) groups excluding carboxylic acids is 1. The molecule has 0 amide bonds. The van der Waals surface area contributed by atoms with Gasteiger partial charge in [0.15, 0.2) is 11.9 Å². The number of aromatic amines is 1. The van der Waals surface area contributed by atoms with Gasteiger partial charge in [-0.2, -0.15) is 5.09 Å². The highest BCUT2D eigenvalue weighted by molar-refractivity contribution is 7.52. The van der Waals surface area contributed by atoms with Crippen LogP contribution in [0.4, 0.5) is 4.39 Å². The van der Waals surface area contributed by atoms with E-state index in [1.165, 1.54) is 6.07 Å². The lowest BCUT2D eigenvalue weighted by atomic mass is 9.98. The van der Waals surface area contributed by atoms with Gasteiger partial charge in [0, 0.05) is 17.6 Å². The third kappa shape index (κ3) is 6.03. The number of benzene rings is 2. The Morgan fingerprint density at radius 2 is 2.00 bits per heavy atom. The van der Waals surface area contributed by atoms with Crippen LogP contribution < -0.4 is 20.9 Å². The van der Waals surface area contributed by atoms with Gasteiger partial charge in [0.2, 0.25) is 0 Å². The quantitative estimate of drug-likeness (QED) is 0.240. The minimum atomic E-state index is -4.52. The van der Waals surface area contributed by atoms with Crippen LogP contribution in [0.1, 0.15) is 29.7 Å². The van der Waals surface area contributed by atoms with Crippen LogP contribution in [0, 0.1) is 5.92 Å². The summed E-state index contributed by atoms with van der Waals surface area (Å²) >= 11 is 0. The number of fused-ring (bicyclic) bond motifs is 1. The Kier molecular flexibility index (Phi) is 7.81. The number of hydrogen-bond donors (Lipinski definition) is 3. The molecule has 3 aromatic rings. The van der Waals surface area contributed by atoms with Crippen LogP contribution in [0.3, 0.4) is 0 Å². The lowest BCUT2D eigenvalue weighted by molar-refractivity contribution is -0.143. The van der Waals surface area contributed by atoms with E-state index < -0.39 is 79.9 Å². The molecule has 0 radical (unpaired) electrons. The molecule has 1 aliphatic heterocycles. The molecule has 40 heavy (non-hydrogen) atoms. The topological polar surface area (TPSA) is 158 Å². The number of ether oxygens (including phenoxy) is 2. The number of H-pyrrole nitrogens is 1. The molecule has 6 atom stereocenters. The number of nitrogens with one attached hydrogen (secondary N) is 2. The number of aliphatic hydroxyl groups excluding tert-OH is 1. The first-order valence-electron chi connectivity index (χ1n) is 13.3. The molecular formula is C26H31FN3O9P. The SMILES string of the molecule is [2H]c1c([2H])n([C@@H]2O[C@H](COP(=O)(NC(C(=O)OC)C(C)C)Oc3cccc4ccccc34)[C@@H](O)[C@@]2(C)F)c(=O)[nH]c1=O.